The molecular weight excluding hydrogens is 507 g/mol. The minimum Gasteiger partial charge on any atom is -0.352 e. The van der Waals surface area contributed by atoms with Crippen LogP contribution in [-0.4, -0.2) is 63.9 Å². The van der Waals surface area contributed by atoms with Crippen LogP contribution in [0.3, 0.4) is 0 Å². The molecule has 0 N–H and O–H groups in total. The fourth-order valence-corrected chi connectivity index (χ4v) is 5.84. The molecule has 3 heterocycles. The maximum Gasteiger partial charge on any atom is 0.216 e. The Labute approximate surface area is 214 Å². The Bertz CT molecular complexity index is 1480. The molecule has 0 spiro atoms. The molecule has 4 aromatic rings. The lowest BCUT2D eigenvalue weighted by atomic mass is 10.1. The van der Waals surface area contributed by atoms with Crippen LogP contribution in [0.1, 0.15) is 13.8 Å². The van der Waals surface area contributed by atoms with Gasteiger partial charge in [0.1, 0.15) is 17.5 Å². The van der Waals surface area contributed by atoms with Gasteiger partial charge in [-0.1, -0.05) is 47.5 Å². The number of benzene rings is 2. The summed E-state index contributed by atoms with van der Waals surface area (Å²) in [5.41, 5.74) is 3.67. The third kappa shape index (κ3) is 4.38. The van der Waals surface area contributed by atoms with Crippen LogP contribution < -0.4 is 4.90 Å². The molecule has 35 heavy (non-hydrogen) atoms. The molecule has 0 saturated carbocycles. The highest BCUT2D eigenvalue weighted by molar-refractivity contribution is 7.89. The number of sulfonamides is 1. The number of anilines is 1. The van der Waals surface area contributed by atoms with Crippen LogP contribution in [0.25, 0.3) is 28.0 Å². The third-order valence-electron chi connectivity index (χ3n) is 6.13. The smallest absolute Gasteiger partial charge is 0.216 e. The van der Waals surface area contributed by atoms with E-state index in [9.17, 15) is 8.42 Å². The molecule has 0 bridgehead atoms. The van der Waals surface area contributed by atoms with Gasteiger partial charge >= 0.3 is 0 Å². The molecule has 0 unspecified atom stereocenters. The maximum atomic E-state index is 12.6. The standard InChI is InChI=1S/C24H24Cl2N6O2S/c1-16(2)35(33,34)31-13-11-30(12-14-31)24-22-21(27-15-28-24)23(17-7-9-18(25)10-8-17)32(29-22)20-6-4-3-5-19(20)26/h3-10,15-16H,11-14H2,1-2H3. The quantitative estimate of drug-likeness (QED) is 0.373. The molecule has 1 fully saturated rings. The van der Waals surface area contributed by atoms with Crippen LogP contribution in [0.4, 0.5) is 5.82 Å². The minimum absolute atomic E-state index is 0.390. The second-order valence-corrected chi connectivity index (χ2v) is 11.9. The molecule has 8 nitrogen and oxygen atoms in total. The summed E-state index contributed by atoms with van der Waals surface area (Å²) in [4.78, 5) is 11.2. The first-order chi connectivity index (χ1) is 16.8. The highest BCUT2D eigenvalue weighted by atomic mass is 35.5. The van der Waals surface area contributed by atoms with Gasteiger partial charge in [-0.2, -0.15) is 9.40 Å². The van der Waals surface area contributed by atoms with Gasteiger partial charge in [0.25, 0.3) is 0 Å². The molecule has 0 amide bonds. The first-order valence-corrected chi connectivity index (χ1v) is 13.5. The first-order valence-electron chi connectivity index (χ1n) is 11.3. The van der Waals surface area contributed by atoms with E-state index < -0.39 is 15.3 Å². The Balaban J connectivity index is 1.61. The molecule has 2 aromatic carbocycles. The summed E-state index contributed by atoms with van der Waals surface area (Å²) in [6, 6.07) is 15.0. The third-order valence-corrected chi connectivity index (χ3v) is 8.98. The second-order valence-electron chi connectivity index (χ2n) is 8.59. The van der Waals surface area contributed by atoms with Gasteiger partial charge in [-0.25, -0.2) is 23.1 Å². The van der Waals surface area contributed by atoms with Crippen LogP contribution >= 0.6 is 23.2 Å². The largest absolute Gasteiger partial charge is 0.352 e. The maximum absolute atomic E-state index is 12.6. The van der Waals surface area contributed by atoms with Gasteiger partial charge in [0.05, 0.1) is 16.0 Å². The zero-order chi connectivity index (χ0) is 24.7. The van der Waals surface area contributed by atoms with Crippen molar-refractivity contribution in [2.75, 3.05) is 31.1 Å². The van der Waals surface area contributed by atoms with Crippen LogP contribution in [0, 0.1) is 0 Å². The SMILES string of the molecule is CC(C)S(=O)(=O)N1CCN(c2ncnc3c(-c4ccc(Cl)cc4)n(-c4ccccc4Cl)nc23)CC1. The molecule has 2 aromatic heterocycles. The fourth-order valence-electron chi connectivity index (χ4n) is 4.23. The Morgan fingerprint density at radius 3 is 2.23 bits per heavy atom. The second kappa shape index (κ2) is 9.39. The lowest BCUT2D eigenvalue weighted by molar-refractivity contribution is 0.380. The summed E-state index contributed by atoms with van der Waals surface area (Å²) in [6.07, 6.45) is 1.52. The molecule has 1 aliphatic heterocycles. The lowest BCUT2D eigenvalue weighted by Gasteiger charge is -2.35. The van der Waals surface area contributed by atoms with Gasteiger partial charge in [0, 0.05) is 36.8 Å². The van der Waals surface area contributed by atoms with Gasteiger partial charge in [-0.15, -0.1) is 0 Å². The zero-order valence-electron chi connectivity index (χ0n) is 19.3. The molecule has 11 heteroatoms. The molecule has 1 saturated heterocycles. The summed E-state index contributed by atoms with van der Waals surface area (Å²) in [7, 11) is -3.30. The average Bonchev–Trinajstić information content (AvgIpc) is 3.24. The predicted molar refractivity (Wildman–Crippen MR) is 140 cm³/mol. The average molecular weight is 531 g/mol. The number of rotatable bonds is 5. The number of piperazine rings is 1. The molecule has 0 atom stereocenters. The van der Waals surface area contributed by atoms with E-state index in [2.05, 4.69) is 14.9 Å². The lowest BCUT2D eigenvalue weighted by Crippen LogP contribution is -2.50. The zero-order valence-corrected chi connectivity index (χ0v) is 21.6. The van der Waals surface area contributed by atoms with Crippen molar-refractivity contribution in [1.82, 2.24) is 24.1 Å². The van der Waals surface area contributed by atoms with Gasteiger partial charge in [0.15, 0.2) is 11.3 Å². The predicted octanol–water partition coefficient (Wildman–Crippen LogP) is 4.65. The normalized spacial score (nSPS) is 15.3. The van der Waals surface area contributed by atoms with Gasteiger partial charge in [-0.05, 0) is 38.1 Å². The molecule has 0 radical (unpaired) electrons. The van der Waals surface area contributed by atoms with E-state index in [4.69, 9.17) is 28.3 Å². The topological polar surface area (TPSA) is 84.2 Å². The van der Waals surface area contributed by atoms with Gasteiger partial charge in [-0.3, -0.25) is 0 Å². The fraction of sp³-hybridized carbons (Fsp3) is 0.292. The van der Waals surface area contributed by atoms with Crippen LogP contribution in [0.15, 0.2) is 54.9 Å². The number of aromatic nitrogens is 4. The van der Waals surface area contributed by atoms with E-state index in [1.807, 2.05) is 48.5 Å². The van der Waals surface area contributed by atoms with E-state index in [1.165, 1.54) is 6.33 Å². The summed E-state index contributed by atoms with van der Waals surface area (Å²) in [5.74, 6) is 0.664. The minimum atomic E-state index is -3.30. The van der Waals surface area contributed by atoms with E-state index in [-0.39, 0.29) is 0 Å². The monoisotopic (exact) mass is 530 g/mol. The van der Waals surface area contributed by atoms with Crippen molar-refractivity contribution in [2.24, 2.45) is 0 Å². The summed E-state index contributed by atoms with van der Waals surface area (Å²) >= 11 is 12.7. The molecular formula is C24H24Cl2N6O2S. The van der Waals surface area contributed by atoms with Gasteiger partial charge in [0.2, 0.25) is 10.0 Å². The van der Waals surface area contributed by atoms with E-state index in [0.29, 0.717) is 53.1 Å². The Kier molecular flexibility index (Phi) is 6.43. The van der Waals surface area contributed by atoms with Crippen molar-refractivity contribution in [3.05, 3.63) is 64.9 Å². The number of hydrogen-bond donors (Lipinski definition) is 0. The molecule has 182 valence electrons. The summed E-state index contributed by atoms with van der Waals surface area (Å²) in [6.45, 7) is 5.20. The van der Waals surface area contributed by atoms with Crippen LogP contribution in [-0.2, 0) is 10.0 Å². The van der Waals surface area contributed by atoms with Crippen LogP contribution in [0.5, 0.6) is 0 Å². The van der Waals surface area contributed by atoms with Crippen molar-refractivity contribution < 1.29 is 8.42 Å². The highest BCUT2D eigenvalue weighted by Gasteiger charge is 2.31. The summed E-state index contributed by atoms with van der Waals surface area (Å²) < 4.78 is 28.5. The number of fused-ring (bicyclic) bond motifs is 1. The van der Waals surface area contributed by atoms with Crippen molar-refractivity contribution in [3.8, 4) is 16.9 Å². The number of halogens is 2. The molecule has 5 rings (SSSR count). The summed E-state index contributed by atoms with van der Waals surface area (Å²) in [5, 5.41) is 5.65. The Morgan fingerprint density at radius 1 is 0.886 bits per heavy atom. The van der Waals surface area contributed by atoms with Gasteiger partial charge < -0.3 is 4.90 Å². The van der Waals surface area contributed by atoms with Crippen LogP contribution in [0.2, 0.25) is 10.0 Å². The number of hydrogen-bond acceptors (Lipinski definition) is 6. The van der Waals surface area contributed by atoms with Crippen molar-refractivity contribution in [1.29, 1.82) is 0 Å². The molecule has 1 aliphatic rings. The highest BCUT2D eigenvalue weighted by Crippen LogP contribution is 2.35. The van der Waals surface area contributed by atoms with E-state index in [1.54, 1.807) is 22.8 Å². The number of nitrogens with zero attached hydrogens (tertiary/aromatic N) is 6. The Hall–Kier alpha value is -2.72. The van der Waals surface area contributed by atoms with Crippen molar-refractivity contribution in [3.63, 3.8) is 0 Å². The molecule has 0 aliphatic carbocycles. The Morgan fingerprint density at radius 2 is 1.57 bits per heavy atom. The van der Waals surface area contributed by atoms with Crippen molar-refractivity contribution >= 4 is 50.1 Å². The van der Waals surface area contributed by atoms with E-state index >= 15 is 0 Å². The first kappa shape index (κ1) is 24.0. The van der Waals surface area contributed by atoms with Crippen molar-refractivity contribution in [2.45, 2.75) is 19.1 Å². The van der Waals surface area contributed by atoms with E-state index in [0.717, 1.165) is 16.9 Å². The number of para-hydroxylation sites is 1.